The van der Waals surface area contributed by atoms with Crippen LogP contribution in [0.25, 0.3) is 249 Å². The van der Waals surface area contributed by atoms with Gasteiger partial charge in [0.2, 0.25) is 0 Å². The average Bonchev–Trinajstić information content (AvgIpc) is 1.55. The Morgan fingerprint density at radius 2 is 0.747 bits per heavy atom. The lowest BCUT2D eigenvalue weighted by Crippen LogP contribution is -2.07. The summed E-state index contributed by atoms with van der Waals surface area (Å²) in [5.74, 6) is 0. The number of fused-ring (bicyclic) bond motifs is 25. The van der Waals surface area contributed by atoms with E-state index in [1.54, 1.807) is 24.8 Å². The SMILES string of the molecule is Cc1c(C)c(-n2c3nccnc3c3nccnc32)c2c(c1-c1ccccc1)-c1ccccc1C2.Cc1cc2c(cc1-c1cccc3ccccc13)-c1cc(-n3c4ccc(-c5ccccc5)c(C)c4c4c(C)c(-c5ccccc5)ncc43)c(C)cc1C2.c1ccc(-n2c3ccccc3c3nc(-c4ccc5c(c4)-c4cc(-c6ccc7c(c6)c6ccccc6n7-c6cccc(-n7c8ccccc8c8cnccc87)c6)ccc4C5)ccc32)cc1. The number of aryl methyl sites for hydroxylation is 4. The largest absolute Gasteiger partial charge is 0.309 e. The van der Waals surface area contributed by atoms with Crippen molar-refractivity contribution in [3.8, 4) is 129 Å². The summed E-state index contributed by atoms with van der Waals surface area (Å²) in [6.07, 6.45) is 15.6. The van der Waals surface area contributed by atoms with Crippen LogP contribution in [-0.2, 0) is 19.3 Å². The standard InChI is InChI=1S/C59H37N5.C50H38N2.C29H21N5/c1-2-11-42(12-3-1)62-55-20-9-6-17-47(55)59-58(62)28-26-52(61-59)41-24-23-40-31-39-22-21-37(32-48(39)49(40)34-41)38-25-27-56-50(33-38)45-15-4-7-18-53(45)63(56)43-13-10-14-44(35-43)64-54-19-8-5-16-46(54)51-36-60-30-29-57(51)64;1-30-24-37-26-38-25-31(2)46(28-44(38)43(37)27-42(30)41-21-13-19-35-16-11-12-20-40(35)41)52-45-23-22-39(34-14-7-5-8-15-34)32(3)48(45)49-33(4)50(51-29-47(49)52)36-17-9-6-10-18-36;1-17-18(2)27(34-28-25(30-12-14-32-28)26-29(34)33-15-13-31-26)22-16-20-10-6-7-11-21(20)24(22)23(17)19-8-4-3-5-9-19/h1-30,32-36H,31H2;5-25,27-29H,26H2,1-4H3;3-15H,16H2,1-2H3. The van der Waals surface area contributed by atoms with E-state index in [9.17, 15) is 0 Å². The lowest BCUT2D eigenvalue weighted by Gasteiger charge is -2.22. The number of para-hydroxylation sites is 4. The van der Waals surface area contributed by atoms with Gasteiger partial charge in [-0.25, -0.2) is 24.9 Å². The van der Waals surface area contributed by atoms with E-state index in [1.165, 1.54) is 210 Å². The molecule has 28 aromatic rings. The first-order chi connectivity index (χ1) is 73.9. The summed E-state index contributed by atoms with van der Waals surface area (Å²) in [5, 5.41) is 11.1. The van der Waals surface area contributed by atoms with Crippen molar-refractivity contribution in [1.82, 2.24) is 57.7 Å². The molecule has 10 heterocycles. The van der Waals surface area contributed by atoms with Gasteiger partial charge in [0.05, 0.1) is 72.9 Å². The van der Waals surface area contributed by atoms with Crippen LogP contribution in [-0.4, -0.2) is 57.7 Å². The zero-order valence-corrected chi connectivity index (χ0v) is 83.6. The predicted molar refractivity (Wildman–Crippen MR) is 619 cm³/mol. The van der Waals surface area contributed by atoms with Crippen molar-refractivity contribution in [3.05, 3.63) is 504 Å². The molecule has 31 rings (SSSR count). The van der Waals surface area contributed by atoms with Gasteiger partial charge in [-0.3, -0.25) is 14.5 Å². The smallest absolute Gasteiger partial charge is 0.167 e. The third-order valence-corrected chi connectivity index (χ3v) is 32.1. The molecule has 0 bridgehead atoms. The number of hydrogen-bond donors (Lipinski definition) is 0. The minimum Gasteiger partial charge on any atom is -0.309 e. The normalized spacial score (nSPS) is 12.3. The summed E-state index contributed by atoms with van der Waals surface area (Å²) >= 11 is 0. The summed E-state index contributed by atoms with van der Waals surface area (Å²) in [6.45, 7) is 13.5. The van der Waals surface area contributed by atoms with Crippen LogP contribution in [0.1, 0.15) is 66.8 Å². The second kappa shape index (κ2) is 34.8. The number of nitrogens with zero attached hydrogens (tertiary/aromatic N) is 12. The fourth-order valence-corrected chi connectivity index (χ4v) is 25.2. The molecule has 10 aromatic heterocycles. The molecular weight excluding hydrogens is 1830 g/mol. The first-order valence-electron chi connectivity index (χ1n) is 51.7. The number of hydrogen-bond acceptors (Lipinski definition) is 7. The fourth-order valence-electron chi connectivity index (χ4n) is 25.2. The molecule has 0 saturated heterocycles. The summed E-state index contributed by atoms with van der Waals surface area (Å²) in [6, 6.07) is 144. The molecule has 0 atom stereocenters. The summed E-state index contributed by atoms with van der Waals surface area (Å²) in [4.78, 5) is 33.7. The van der Waals surface area contributed by atoms with Crippen LogP contribution in [0.5, 0.6) is 0 Å². The monoisotopic (exact) mass is 1920 g/mol. The Balaban J connectivity index is 0.000000111. The van der Waals surface area contributed by atoms with Crippen LogP contribution in [0.15, 0.2) is 438 Å². The fraction of sp³-hybridized carbons (Fsp3) is 0.0652. The molecule has 0 unspecified atom stereocenters. The quantitative estimate of drug-likeness (QED) is 0.127. The number of pyridine rings is 3. The maximum absolute atomic E-state index is 5.36. The lowest BCUT2D eigenvalue weighted by molar-refractivity contribution is 1.04. The number of benzene rings is 18. The lowest BCUT2D eigenvalue weighted by atomic mass is 9.86. The highest BCUT2D eigenvalue weighted by Crippen LogP contribution is 2.53. The van der Waals surface area contributed by atoms with Crippen molar-refractivity contribution < 1.29 is 0 Å². The maximum atomic E-state index is 5.36. The molecule has 0 amide bonds. The van der Waals surface area contributed by atoms with E-state index in [0.717, 1.165) is 125 Å². The molecule has 12 nitrogen and oxygen atoms in total. The van der Waals surface area contributed by atoms with Gasteiger partial charge < -0.3 is 18.3 Å². The van der Waals surface area contributed by atoms with E-state index in [0.29, 0.717) is 0 Å². The minimum absolute atomic E-state index is 0.777. The number of rotatable bonds is 11. The molecule has 0 radical (unpaired) electrons. The Morgan fingerprint density at radius 1 is 0.233 bits per heavy atom. The minimum atomic E-state index is 0.777. The number of aromatic nitrogens is 12. The molecule has 3 aliphatic rings. The van der Waals surface area contributed by atoms with Crippen molar-refractivity contribution in [2.45, 2.75) is 60.8 Å². The highest BCUT2D eigenvalue weighted by Gasteiger charge is 2.34. The Kier molecular flexibility index (Phi) is 20.3. The Bertz CT molecular complexity index is 10300. The molecule has 0 saturated carbocycles. The molecule has 0 fully saturated rings. The van der Waals surface area contributed by atoms with Crippen LogP contribution >= 0.6 is 0 Å². The van der Waals surface area contributed by atoms with Crippen LogP contribution in [0.4, 0.5) is 0 Å². The van der Waals surface area contributed by atoms with Crippen LogP contribution in [0.3, 0.4) is 0 Å². The van der Waals surface area contributed by atoms with Crippen LogP contribution in [0.2, 0.25) is 0 Å². The predicted octanol–water partition coefficient (Wildman–Crippen LogP) is 34.0. The maximum Gasteiger partial charge on any atom is 0.167 e. The molecule has 12 heteroatoms. The molecule has 0 N–H and O–H groups in total. The molecule has 708 valence electrons. The average molecular weight is 1920 g/mol. The van der Waals surface area contributed by atoms with E-state index < -0.39 is 0 Å². The van der Waals surface area contributed by atoms with Gasteiger partial charge in [0.15, 0.2) is 11.3 Å². The molecule has 18 aromatic carbocycles. The van der Waals surface area contributed by atoms with Gasteiger partial charge in [-0.15, -0.1) is 0 Å². The van der Waals surface area contributed by atoms with Gasteiger partial charge in [-0.05, 0) is 319 Å². The first-order valence-corrected chi connectivity index (χ1v) is 51.7. The zero-order valence-electron chi connectivity index (χ0n) is 83.6. The van der Waals surface area contributed by atoms with E-state index >= 15 is 0 Å². The molecular formula is C138H96N12. The van der Waals surface area contributed by atoms with Gasteiger partial charge in [-0.1, -0.05) is 285 Å². The summed E-state index contributed by atoms with van der Waals surface area (Å²) < 4.78 is 11.7. The second-order valence-corrected chi connectivity index (χ2v) is 40.4. The van der Waals surface area contributed by atoms with E-state index in [1.807, 2.05) is 12.4 Å². The van der Waals surface area contributed by atoms with E-state index in [4.69, 9.17) is 19.9 Å². The van der Waals surface area contributed by atoms with Gasteiger partial charge in [0, 0.05) is 115 Å². The van der Waals surface area contributed by atoms with Gasteiger partial charge in [0.25, 0.3) is 0 Å². The highest BCUT2D eigenvalue weighted by molar-refractivity contribution is 6.17. The van der Waals surface area contributed by atoms with Gasteiger partial charge >= 0.3 is 0 Å². The highest BCUT2D eigenvalue weighted by atomic mass is 15.1. The third-order valence-electron chi connectivity index (χ3n) is 32.1. The molecule has 0 aliphatic heterocycles. The molecule has 3 aliphatic carbocycles. The Hall–Kier alpha value is -19.2. The van der Waals surface area contributed by atoms with Crippen molar-refractivity contribution in [2.75, 3.05) is 0 Å². The van der Waals surface area contributed by atoms with E-state index in [-0.39, 0.29) is 0 Å². The van der Waals surface area contributed by atoms with Crippen molar-refractivity contribution in [3.63, 3.8) is 0 Å². The van der Waals surface area contributed by atoms with Gasteiger partial charge in [0.1, 0.15) is 11.0 Å². The topological polar surface area (TPSA) is 115 Å². The van der Waals surface area contributed by atoms with Crippen LogP contribution < -0.4 is 0 Å². The van der Waals surface area contributed by atoms with Crippen molar-refractivity contribution in [2.24, 2.45) is 0 Å². The third kappa shape index (κ3) is 13.8. The first kappa shape index (κ1) is 87.4. The van der Waals surface area contributed by atoms with E-state index in [2.05, 4.69) is 480 Å². The Labute approximate surface area is 866 Å². The summed E-state index contributed by atoms with van der Waals surface area (Å²) in [7, 11) is 0. The summed E-state index contributed by atoms with van der Waals surface area (Å²) in [5.41, 5.74) is 57.2. The van der Waals surface area contributed by atoms with Crippen LogP contribution in [0, 0.1) is 41.5 Å². The van der Waals surface area contributed by atoms with Crippen molar-refractivity contribution >= 4 is 120 Å². The Morgan fingerprint density at radius 3 is 1.47 bits per heavy atom. The zero-order chi connectivity index (χ0) is 99.8. The molecule has 0 spiro atoms. The second-order valence-electron chi connectivity index (χ2n) is 40.4. The molecule has 150 heavy (non-hydrogen) atoms. The van der Waals surface area contributed by atoms with Gasteiger partial charge in [-0.2, -0.15) is 0 Å². The van der Waals surface area contributed by atoms with Crippen molar-refractivity contribution in [1.29, 1.82) is 0 Å².